The number of likely N-dealkylation sites (tertiary alicyclic amines) is 1. The SMILES string of the molecule is NC(=O)N1CCC2CC21. The first-order valence-corrected chi connectivity index (χ1v) is 3.35. The summed E-state index contributed by atoms with van der Waals surface area (Å²) in [4.78, 5) is 12.4. The highest BCUT2D eigenvalue weighted by molar-refractivity contribution is 5.73. The summed E-state index contributed by atoms with van der Waals surface area (Å²) in [7, 11) is 0. The Labute approximate surface area is 53.8 Å². The minimum absolute atomic E-state index is 0.236. The van der Waals surface area contributed by atoms with Crippen molar-refractivity contribution in [2.75, 3.05) is 6.54 Å². The largest absolute Gasteiger partial charge is 0.351 e. The molecule has 0 aromatic carbocycles. The normalized spacial score (nSPS) is 38.4. The van der Waals surface area contributed by atoms with Crippen LogP contribution in [0, 0.1) is 5.92 Å². The maximum Gasteiger partial charge on any atom is 0.315 e. The van der Waals surface area contributed by atoms with E-state index in [9.17, 15) is 4.79 Å². The van der Waals surface area contributed by atoms with Crippen LogP contribution in [0.2, 0.25) is 0 Å². The van der Waals surface area contributed by atoms with Crippen molar-refractivity contribution in [1.29, 1.82) is 0 Å². The highest BCUT2D eigenvalue weighted by atomic mass is 16.2. The first-order valence-electron chi connectivity index (χ1n) is 3.35. The Balaban J connectivity index is 2.06. The van der Waals surface area contributed by atoms with Gasteiger partial charge in [-0.05, 0) is 18.8 Å². The number of piperidine rings is 1. The number of carbonyl (C=O) groups excluding carboxylic acids is 1. The number of hydrogen-bond donors (Lipinski definition) is 1. The molecule has 9 heavy (non-hydrogen) atoms. The summed E-state index contributed by atoms with van der Waals surface area (Å²) in [6.45, 7) is 0.894. The van der Waals surface area contributed by atoms with Crippen molar-refractivity contribution in [3.8, 4) is 0 Å². The summed E-state index contributed by atoms with van der Waals surface area (Å²) in [5.74, 6) is 0.803. The van der Waals surface area contributed by atoms with Crippen LogP contribution in [0.1, 0.15) is 12.8 Å². The summed E-state index contributed by atoms with van der Waals surface area (Å²) < 4.78 is 0. The molecule has 2 atom stereocenters. The molecule has 0 aromatic heterocycles. The average molecular weight is 126 g/mol. The van der Waals surface area contributed by atoms with Crippen molar-refractivity contribution in [3.05, 3.63) is 0 Å². The van der Waals surface area contributed by atoms with Gasteiger partial charge in [0.25, 0.3) is 0 Å². The number of urea groups is 1. The number of primary amides is 1. The zero-order valence-corrected chi connectivity index (χ0v) is 5.21. The van der Waals surface area contributed by atoms with Crippen molar-refractivity contribution in [3.63, 3.8) is 0 Å². The van der Waals surface area contributed by atoms with Crippen molar-refractivity contribution >= 4 is 6.03 Å². The molecular formula is C6H10N2O. The minimum Gasteiger partial charge on any atom is -0.351 e. The van der Waals surface area contributed by atoms with Crippen LogP contribution < -0.4 is 5.73 Å². The van der Waals surface area contributed by atoms with E-state index < -0.39 is 0 Å². The van der Waals surface area contributed by atoms with Gasteiger partial charge in [0.15, 0.2) is 0 Å². The Hall–Kier alpha value is -0.730. The average Bonchev–Trinajstić information content (AvgIpc) is 2.43. The van der Waals surface area contributed by atoms with Crippen LogP contribution in [-0.4, -0.2) is 23.5 Å². The Kier molecular flexibility index (Phi) is 0.793. The number of carbonyl (C=O) groups is 1. The van der Waals surface area contributed by atoms with Gasteiger partial charge in [-0.15, -0.1) is 0 Å². The summed E-state index contributed by atoms with van der Waals surface area (Å²) in [6.07, 6.45) is 2.37. The van der Waals surface area contributed by atoms with Crippen molar-refractivity contribution < 1.29 is 4.79 Å². The number of nitrogens with zero attached hydrogens (tertiary/aromatic N) is 1. The van der Waals surface area contributed by atoms with E-state index in [1.54, 1.807) is 4.90 Å². The molecule has 0 bridgehead atoms. The third-order valence-corrected chi connectivity index (χ3v) is 2.31. The van der Waals surface area contributed by atoms with E-state index >= 15 is 0 Å². The third-order valence-electron chi connectivity index (χ3n) is 2.31. The minimum atomic E-state index is -0.236. The Bertz CT molecular complexity index is 157. The fraction of sp³-hybridized carbons (Fsp3) is 0.833. The molecule has 1 aliphatic carbocycles. The summed E-state index contributed by atoms with van der Waals surface area (Å²) in [5, 5.41) is 0. The second-order valence-electron chi connectivity index (χ2n) is 2.88. The highest BCUT2D eigenvalue weighted by Crippen LogP contribution is 2.43. The topological polar surface area (TPSA) is 46.3 Å². The van der Waals surface area contributed by atoms with Gasteiger partial charge in [-0.25, -0.2) is 4.79 Å². The number of amides is 2. The molecule has 1 aliphatic heterocycles. The van der Waals surface area contributed by atoms with Gasteiger partial charge >= 0.3 is 6.03 Å². The predicted octanol–water partition coefficient (Wildman–Crippen LogP) is 0.159. The predicted molar refractivity (Wildman–Crippen MR) is 32.8 cm³/mol. The van der Waals surface area contributed by atoms with E-state index in [0.717, 1.165) is 12.5 Å². The van der Waals surface area contributed by atoms with Gasteiger partial charge < -0.3 is 10.6 Å². The molecule has 1 saturated heterocycles. The van der Waals surface area contributed by atoms with Crippen molar-refractivity contribution in [2.45, 2.75) is 18.9 Å². The molecule has 3 heteroatoms. The van der Waals surface area contributed by atoms with Crippen LogP contribution in [0.4, 0.5) is 4.79 Å². The Morgan fingerprint density at radius 2 is 2.44 bits per heavy atom. The molecule has 2 amide bonds. The summed E-state index contributed by atoms with van der Waals surface area (Å²) >= 11 is 0. The number of nitrogens with two attached hydrogens (primary N) is 1. The maximum atomic E-state index is 10.6. The fourth-order valence-corrected chi connectivity index (χ4v) is 1.67. The molecular weight excluding hydrogens is 116 g/mol. The molecule has 2 aliphatic rings. The van der Waals surface area contributed by atoms with E-state index in [-0.39, 0.29) is 6.03 Å². The van der Waals surface area contributed by atoms with Crippen LogP contribution in [0.3, 0.4) is 0 Å². The molecule has 2 fully saturated rings. The Morgan fingerprint density at radius 1 is 1.67 bits per heavy atom. The molecule has 3 nitrogen and oxygen atoms in total. The fourth-order valence-electron chi connectivity index (χ4n) is 1.67. The smallest absolute Gasteiger partial charge is 0.315 e. The van der Waals surface area contributed by atoms with Gasteiger partial charge in [0.1, 0.15) is 0 Å². The standard InChI is InChI=1S/C6H10N2O/c7-6(9)8-2-1-4-3-5(4)8/h4-5H,1-3H2,(H2,7,9). The van der Waals surface area contributed by atoms with Crippen molar-refractivity contribution in [1.82, 2.24) is 4.90 Å². The van der Waals surface area contributed by atoms with Gasteiger partial charge in [0, 0.05) is 12.6 Å². The molecule has 0 aromatic rings. The van der Waals surface area contributed by atoms with Crippen LogP contribution in [0.5, 0.6) is 0 Å². The summed E-state index contributed by atoms with van der Waals surface area (Å²) in [6, 6.07) is 0.294. The lowest BCUT2D eigenvalue weighted by Gasteiger charge is -2.13. The molecule has 1 heterocycles. The van der Waals surface area contributed by atoms with E-state index in [0.29, 0.717) is 6.04 Å². The van der Waals surface area contributed by atoms with E-state index in [4.69, 9.17) is 5.73 Å². The lowest BCUT2D eigenvalue weighted by atomic mass is 10.3. The second-order valence-corrected chi connectivity index (χ2v) is 2.88. The number of rotatable bonds is 0. The zero-order valence-electron chi connectivity index (χ0n) is 5.21. The molecule has 2 unspecified atom stereocenters. The lowest BCUT2D eigenvalue weighted by Crippen LogP contribution is -2.35. The van der Waals surface area contributed by atoms with E-state index in [2.05, 4.69) is 0 Å². The maximum absolute atomic E-state index is 10.6. The third kappa shape index (κ3) is 0.605. The van der Waals surface area contributed by atoms with Crippen LogP contribution in [0.25, 0.3) is 0 Å². The van der Waals surface area contributed by atoms with Crippen LogP contribution >= 0.6 is 0 Å². The molecule has 50 valence electrons. The Morgan fingerprint density at radius 3 is 2.67 bits per heavy atom. The van der Waals surface area contributed by atoms with E-state index in [1.807, 2.05) is 0 Å². The zero-order chi connectivity index (χ0) is 6.43. The molecule has 2 rings (SSSR count). The first-order chi connectivity index (χ1) is 4.29. The first kappa shape index (κ1) is 5.09. The van der Waals surface area contributed by atoms with Gasteiger partial charge in [0.05, 0.1) is 0 Å². The van der Waals surface area contributed by atoms with Gasteiger partial charge in [-0.1, -0.05) is 0 Å². The molecule has 0 spiro atoms. The highest BCUT2D eigenvalue weighted by Gasteiger charge is 2.48. The van der Waals surface area contributed by atoms with Crippen molar-refractivity contribution in [2.24, 2.45) is 11.7 Å². The van der Waals surface area contributed by atoms with Gasteiger partial charge in [-0.3, -0.25) is 0 Å². The number of hydrogen-bond acceptors (Lipinski definition) is 1. The van der Waals surface area contributed by atoms with Gasteiger partial charge in [-0.2, -0.15) is 0 Å². The molecule has 1 saturated carbocycles. The molecule has 2 N–H and O–H groups in total. The quantitative estimate of drug-likeness (QED) is 0.493. The monoisotopic (exact) mass is 126 g/mol. The van der Waals surface area contributed by atoms with E-state index in [1.165, 1.54) is 12.8 Å². The van der Waals surface area contributed by atoms with Crippen LogP contribution in [0.15, 0.2) is 0 Å². The van der Waals surface area contributed by atoms with Gasteiger partial charge in [0.2, 0.25) is 0 Å². The summed E-state index contributed by atoms with van der Waals surface area (Å²) in [5.41, 5.74) is 5.10. The molecule has 0 radical (unpaired) electrons. The second kappa shape index (κ2) is 1.40. The lowest BCUT2D eigenvalue weighted by molar-refractivity contribution is 0.212. The van der Waals surface area contributed by atoms with Crippen LogP contribution in [-0.2, 0) is 0 Å². The number of fused-ring (bicyclic) bond motifs is 1.